The largest absolute Gasteiger partial charge is 0.331 e. The van der Waals surface area contributed by atoms with Gasteiger partial charge in [0.1, 0.15) is 5.82 Å². The molecule has 1 N–H and O–H groups in total. The Kier molecular flexibility index (Phi) is 4.49. The van der Waals surface area contributed by atoms with Crippen LogP contribution in [0.25, 0.3) is 11.0 Å². The molecule has 1 aromatic heterocycles. The maximum atomic E-state index is 5.99. The number of nitrogens with one attached hydrogen (secondary N) is 1. The molecule has 1 heterocycles. The molecule has 0 aliphatic rings. The molecule has 0 fully saturated rings. The van der Waals surface area contributed by atoms with Gasteiger partial charge < -0.3 is 9.88 Å². The zero-order valence-corrected chi connectivity index (χ0v) is 12.1. The molecule has 0 radical (unpaired) electrons. The van der Waals surface area contributed by atoms with Crippen LogP contribution in [0.2, 0.25) is 0 Å². The normalized spacial score (nSPS) is 13.1. The Balaban J connectivity index is 2.33. The molecule has 0 spiro atoms. The Morgan fingerprint density at radius 1 is 1.39 bits per heavy atom. The number of fused-ring (bicyclic) bond motifs is 1. The van der Waals surface area contributed by atoms with E-state index in [1.165, 1.54) is 0 Å². The van der Waals surface area contributed by atoms with Crippen LogP contribution in [-0.4, -0.2) is 27.9 Å². The molecule has 0 aliphatic carbocycles. The van der Waals surface area contributed by atoms with Crippen molar-refractivity contribution < 1.29 is 0 Å². The van der Waals surface area contributed by atoms with Gasteiger partial charge in [0.2, 0.25) is 0 Å². The van der Waals surface area contributed by atoms with Gasteiger partial charge in [-0.05, 0) is 24.6 Å². The summed E-state index contributed by atoms with van der Waals surface area (Å²) in [6, 6.07) is 6.40. The fourth-order valence-corrected chi connectivity index (χ4v) is 2.44. The van der Waals surface area contributed by atoms with Gasteiger partial charge in [-0.3, -0.25) is 0 Å². The van der Waals surface area contributed by atoms with Gasteiger partial charge >= 0.3 is 0 Å². The minimum absolute atomic E-state index is 0.122. The Bertz CT molecular complexity index is 536. The van der Waals surface area contributed by atoms with Crippen LogP contribution in [0.15, 0.2) is 18.2 Å². The summed E-state index contributed by atoms with van der Waals surface area (Å²) in [4.78, 5) is 4.54. The second-order valence-corrected chi connectivity index (χ2v) is 5.00. The van der Waals surface area contributed by atoms with Crippen LogP contribution in [0.3, 0.4) is 0 Å². The average Bonchev–Trinajstić information content (AvgIpc) is 2.66. The number of alkyl halides is 2. The van der Waals surface area contributed by atoms with Crippen molar-refractivity contribution in [2.75, 3.05) is 18.3 Å². The maximum Gasteiger partial charge on any atom is 0.106 e. The first-order chi connectivity index (χ1) is 8.67. The maximum absolute atomic E-state index is 5.99. The average molecular weight is 286 g/mol. The van der Waals surface area contributed by atoms with Crippen molar-refractivity contribution in [3.63, 3.8) is 0 Å². The van der Waals surface area contributed by atoms with E-state index < -0.39 is 0 Å². The smallest absolute Gasteiger partial charge is 0.106 e. The van der Waals surface area contributed by atoms with Crippen LogP contribution in [0.5, 0.6) is 0 Å². The predicted molar refractivity (Wildman–Crippen MR) is 77.6 cm³/mol. The number of rotatable bonds is 5. The van der Waals surface area contributed by atoms with Crippen molar-refractivity contribution in [2.45, 2.75) is 13.0 Å². The molecule has 98 valence electrons. The lowest BCUT2D eigenvalue weighted by molar-refractivity contribution is 0.606. The number of aromatic nitrogens is 2. The molecule has 0 saturated carbocycles. The van der Waals surface area contributed by atoms with Crippen LogP contribution < -0.4 is 5.32 Å². The van der Waals surface area contributed by atoms with Crippen LogP contribution in [0, 0.1) is 6.92 Å². The van der Waals surface area contributed by atoms with E-state index in [-0.39, 0.29) is 6.04 Å². The molecule has 2 rings (SSSR count). The number of hydrogen-bond acceptors (Lipinski definition) is 2. The lowest BCUT2D eigenvalue weighted by Crippen LogP contribution is -2.24. The third kappa shape index (κ3) is 2.63. The first-order valence-electron chi connectivity index (χ1n) is 5.95. The van der Waals surface area contributed by atoms with Crippen molar-refractivity contribution >= 4 is 34.2 Å². The topological polar surface area (TPSA) is 29.9 Å². The molecule has 3 nitrogen and oxygen atoms in total. The van der Waals surface area contributed by atoms with E-state index >= 15 is 0 Å². The number of aryl methyl sites for hydroxylation is 2. The molecule has 1 aromatic carbocycles. The predicted octanol–water partition coefficient (Wildman–Crippen LogP) is 2.99. The standard InChI is InChI=1S/C13H17Cl2N3/c1-9-17-11-7-10(3-4-13(11)18(9)2)12(8-15)16-6-5-14/h3-4,7,12,16H,5-6,8H2,1-2H3. The van der Waals surface area contributed by atoms with Gasteiger partial charge in [0.25, 0.3) is 0 Å². The third-order valence-corrected chi connectivity index (χ3v) is 3.67. The Hall–Kier alpha value is -0.770. The minimum Gasteiger partial charge on any atom is -0.331 e. The Labute approximate surface area is 117 Å². The highest BCUT2D eigenvalue weighted by molar-refractivity contribution is 6.18. The third-order valence-electron chi connectivity index (χ3n) is 3.17. The molecule has 2 aromatic rings. The number of benzene rings is 1. The van der Waals surface area contributed by atoms with Gasteiger partial charge in [-0.15, -0.1) is 23.2 Å². The SMILES string of the molecule is Cc1nc2cc(C(CCl)NCCCl)ccc2n1C. The van der Waals surface area contributed by atoms with Crippen molar-refractivity contribution in [3.8, 4) is 0 Å². The van der Waals surface area contributed by atoms with Crippen LogP contribution in [-0.2, 0) is 7.05 Å². The van der Waals surface area contributed by atoms with Crippen molar-refractivity contribution in [1.29, 1.82) is 0 Å². The molecule has 0 bridgehead atoms. The molecule has 0 saturated heterocycles. The molecular formula is C13H17Cl2N3. The van der Waals surface area contributed by atoms with Gasteiger partial charge in [0, 0.05) is 31.4 Å². The van der Waals surface area contributed by atoms with E-state index in [9.17, 15) is 0 Å². The molecule has 1 atom stereocenters. The first-order valence-corrected chi connectivity index (χ1v) is 7.02. The molecular weight excluding hydrogens is 269 g/mol. The quantitative estimate of drug-likeness (QED) is 0.856. The van der Waals surface area contributed by atoms with Gasteiger partial charge in [0.15, 0.2) is 0 Å². The number of imidazole rings is 1. The Morgan fingerprint density at radius 2 is 2.17 bits per heavy atom. The summed E-state index contributed by atoms with van der Waals surface area (Å²) in [6.45, 7) is 2.75. The molecule has 0 amide bonds. The van der Waals surface area contributed by atoms with Crippen molar-refractivity contribution in [1.82, 2.24) is 14.9 Å². The monoisotopic (exact) mass is 285 g/mol. The van der Waals surface area contributed by atoms with Crippen LogP contribution >= 0.6 is 23.2 Å². The number of nitrogens with zero attached hydrogens (tertiary/aromatic N) is 2. The fourth-order valence-electron chi connectivity index (χ4n) is 2.04. The second kappa shape index (κ2) is 5.91. The van der Waals surface area contributed by atoms with Crippen molar-refractivity contribution in [2.24, 2.45) is 7.05 Å². The summed E-state index contributed by atoms with van der Waals surface area (Å²) in [7, 11) is 2.02. The van der Waals surface area contributed by atoms with Gasteiger partial charge in [-0.25, -0.2) is 4.98 Å². The fraction of sp³-hybridized carbons (Fsp3) is 0.462. The van der Waals surface area contributed by atoms with E-state index in [0.717, 1.165) is 29.0 Å². The highest BCUT2D eigenvalue weighted by Crippen LogP contribution is 2.21. The number of halogens is 2. The molecule has 18 heavy (non-hydrogen) atoms. The van der Waals surface area contributed by atoms with E-state index in [0.29, 0.717) is 11.8 Å². The van der Waals surface area contributed by atoms with Gasteiger partial charge in [-0.1, -0.05) is 6.07 Å². The summed E-state index contributed by atoms with van der Waals surface area (Å²) < 4.78 is 2.08. The van der Waals surface area contributed by atoms with E-state index in [2.05, 4.69) is 33.1 Å². The molecule has 0 aliphatic heterocycles. The van der Waals surface area contributed by atoms with E-state index in [1.54, 1.807) is 0 Å². The van der Waals surface area contributed by atoms with Crippen molar-refractivity contribution in [3.05, 3.63) is 29.6 Å². The highest BCUT2D eigenvalue weighted by atomic mass is 35.5. The van der Waals surface area contributed by atoms with Gasteiger partial charge in [-0.2, -0.15) is 0 Å². The lowest BCUT2D eigenvalue weighted by Gasteiger charge is -2.15. The minimum atomic E-state index is 0.122. The highest BCUT2D eigenvalue weighted by Gasteiger charge is 2.12. The summed E-state index contributed by atoms with van der Waals surface area (Å²) in [5.74, 6) is 2.12. The molecule has 1 unspecified atom stereocenters. The summed E-state index contributed by atoms with van der Waals surface area (Å²) in [5, 5.41) is 3.32. The van der Waals surface area contributed by atoms with Crippen LogP contribution in [0.4, 0.5) is 0 Å². The van der Waals surface area contributed by atoms with E-state index in [1.807, 2.05) is 14.0 Å². The first kappa shape index (κ1) is 13.7. The summed E-state index contributed by atoms with van der Waals surface area (Å²) in [5.41, 5.74) is 3.30. The summed E-state index contributed by atoms with van der Waals surface area (Å²) >= 11 is 11.7. The zero-order chi connectivity index (χ0) is 13.1. The van der Waals surface area contributed by atoms with E-state index in [4.69, 9.17) is 23.2 Å². The van der Waals surface area contributed by atoms with Crippen LogP contribution in [0.1, 0.15) is 17.4 Å². The molecule has 5 heteroatoms. The lowest BCUT2D eigenvalue weighted by atomic mass is 10.1. The zero-order valence-electron chi connectivity index (χ0n) is 10.6. The Morgan fingerprint density at radius 3 is 2.83 bits per heavy atom. The van der Waals surface area contributed by atoms with Gasteiger partial charge in [0.05, 0.1) is 11.0 Å². The number of hydrogen-bond donors (Lipinski definition) is 1. The second-order valence-electron chi connectivity index (χ2n) is 4.32. The summed E-state index contributed by atoms with van der Waals surface area (Å²) in [6.07, 6.45) is 0.